The van der Waals surface area contributed by atoms with Gasteiger partial charge in [0.25, 0.3) is 11.5 Å². The van der Waals surface area contributed by atoms with Crippen LogP contribution >= 0.6 is 11.3 Å². The number of aromatic nitrogens is 3. The summed E-state index contributed by atoms with van der Waals surface area (Å²) in [6.07, 6.45) is 3.16. The Morgan fingerprint density at radius 3 is 2.90 bits per heavy atom. The molecule has 0 saturated carbocycles. The summed E-state index contributed by atoms with van der Waals surface area (Å²) in [7, 11) is 0. The maximum Gasteiger partial charge on any atom is 0.264 e. The normalized spacial score (nSPS) is 10.5. The Hall–Kier alpha value is -2.02. The van der Waals surface area contributed by atoms with Crippen LogP contribution in [0.5, 0.6) is 0 Å². The van der Waals surface area contributed by atoms with Crippen molar-refractivity contribution in [3.8, 4) is 11.5 Å². The molecular weight excluding hydrogens is 276 g/mol. The Kier molecular flexibility index (Phi) is 4.62. The molecule has 2 N–H and O–H groups in total. The van der Waals surface area contributed by atoms with Crippen molar-refractivity contribution in [1.29, 1.82) is 0 Å². The van der Waals surface area contributed by atoms with Crippen LogP contribution in [-0.4, -0.2) is 27.4 Å². The molecule has 0 aliphatic rings. The number of thiazole rings is 1. The van der Waals surface area contributed by atoms with Crippen molar-refractivity contribution in [2.45, 2.75) is 26.7 Å². The lowest BCUT2D eigenvalue weighted by molar-refractivity contribution is 0.0951. The van der Waals surface area contributed by atoms with Crippen LogP contribution < -0.4 is 10.9 Å². The topological polar surface area (TPSA) is 87.7 Å². The Balaban J connectivity index is 2.18. The predicted octanol–water partition coefficient (Wildman–Crippen LogP) is 1.73. The molecule has 1 amide bonds. The second kappa shape index (κ2) is 6.42. The van der Waals surface area contributed by atoms with Crippen molar-refractivity contribution in [3.63, 3.8) is 0 Å². The lowest BCUT2D eigenvalue weighted by Gasteiger charge is -2.03. The van der Waals surface area contributed by atoms with Crippen LogP contribution in [0.2, 0.25) is 0 Å². The number of unbranched alkanes of at least 4 members (excludes halogenated alkanes) is 1. The number of nitrogens with zero attached hydrogens (tertiary/aromatic N) is 2. The second-order valence-electron chi connectivity index (χ2n) is 4.34. The Bertz CT molecular complexity index is 662. The summed E-state index contributed by atoms with van der Waals surface area (Å²) < 4.78 is 0. The van der Waals surface area contributed by atoms with Gasteiger partial charge in [0.2, 0.25) is 0 Å². The van der Waals surface area contributed by atoms with E-state index in [1.807, 2.05) is 19.2 Å². The van der Waals surface area contributed by atoms with Gasteiger partial charge in [-0.1, -0.05) is 13.3 Å². The minimum atomic E-state index is -0.449. The van der Waals surface area contributed by atoms with E-state index in [9.17, 15) is 9.59 Å². The largest absolute Gasteiger partial charge is 0.352 e. The van der Waals surface area contributed by atoms with Gasteiger partial charge in [-0.15, -0.1) is 11.3 Å². The smallest absolute Gasteiger partial charge is 0.264 e. The summed E-state index contributed by atoms with van der Waals surface area (Å²) in [6, 6.07) is 0. The fraction of sp³-hybridized carbons (Fsp3) is 0.385. The van der Waals surface area contributed by atoms with Crippen LogP contribution in [0, 0.1) is 6.92 Å². The Labute approximate surface area is 120 Å². The van der Waals surface area contributed by atoms with E-state index in [4.69, 9.17) is 0 Å². The minimum Gasteiger partial charge on any atom is -0.352 e. The molecule has 2 aromatic rings. The quantitative estimate of drug-likeness (QED) is 0.822. The zero-order valence-electron chi connectivity index (χ0n) is 11.4. The molecule has 106 valence electrons. The van der Waals surface area contributed by atoms with Crippen LogP contribution in [0.4, 0.5) is 0 Å². The van der Waals surface area contributed by atoms with Crippen molar-refractivity contribution < 1.29 is 4.79 Å². The molecule has 0 aromatic carbocycles. The van der Waals surface area contributed by atoms with Crippen molar-refractivity contribution in [3.05, 3.63) is 32.5 Å². The number of carbonyl (C=O) groups excluding carboxylic acids is 1. The van der Waals surface area contributed by atoms with Gasteiger partial charge in [0.1, 0.15) is 11.3 Å². The third-order valence-electron chi connectivity index (χ3n) is 2.72. The van der Waals surface area contributed by atoms with Gasteiger partial charge in [0.15, 0.2) is 5.82 Å². The average Bonchev–Trinajstić information content (AvgIpc) is 2.85. The number of amides is 1. The highest BCUT2D eigenvalue weighted by molar-refractivity contribution is 7.09. The molecule has 0 radical (unpaired) electrons. The van der Waals surface area contributed by atoms with Gasteiger partial charge in [-0.25, -0.2) is 9.97 Å². The molecule has 6 nitrogen and oxygen atoms in total. The van der Waals surface area contributed by atoms with Crippen LogP contribution in [0.15, 0.2) is 16.4 Å². The molecule has 0 bridgehead atoms. The van der Waals surface area contributed by atoms with E-state index >= 15 is 0 Å². The molecule has 0 spiro atoms. The number of nitrogens with one attached hydrogen (secondary N) is 2. The van der Waals surface area contributed by atoms with Crippen LogP contribution in [0.1, 0.15) is 35.1 Å². The van der Waals surface area contributed by atoms with E-state index in [1.165, 1.54) is 17.5 Å². The number of hydrogen-bond donors (Lipinski definition) is 2. The molecular formula is C13H16N4O2S. The molecule has 0 unspecified atom stereocenters. The van der Waals surface area contributed by atoms with Crippen LogP contribution in [-0.2, 0) is 0 Å². The fourth-order valence-corrected chi connectivity index (χ4v) is 2.23. The number of hydrogen-bond acceptors (Lipinski definition) is 5. The molecule has 2 rings (SSSR count). The highest BCUT2D eigenvalue weighted by Gasteiger charge is 2.12. The summed E-state index contributed by atoms with van der Waals surface area (Å²) >= 11 is 1.48. The average molecular weight is 292 g/mol. The molecule has 7 heteroatoms. The third kappa shape index (κ3) is 3.30. The first-order chi connectivity index (χ1) is 9.61. The van der Waals surface area contributed by atoms with E-state index in [-0.39, 0.29) is 5.56 Å². The standard InChI is InChI=1S/C13H16N4O2S/c1-3-4-5-14-12(18)9-6-15-11(17-13(9)19)10-7-20-8(2)16-10/h6-7H,3-5H2,1-2H3,(H,14,18)(H,15,17,19). The molecule has 2 heterocycles. The first kappa shape index (κ1) is 14.4. The number of aromatic amines is 1. The zero-order chi connectivity index (χ0) is 14.5. The predicted molar refractivity (Wildman–Crippen MR) is 77.9 cm³/mol. The number of carbonyl (C=O) groups is 1. The van der Waals surface area contributed by atoms with E-state index in [2.05, 4.69) is 20.3 Å². The lowest BCUT2D eigenvalue weighted by atomic mass is 10.3. The first-order valence-electron chi connectivity index (χ1n) is 6.42. The fourth-order valence-electron chi connectivity index (χ4n) is 1.63. The molecule has 0 atom stereocenters. The molecule has 20 heavy (non-hydrogen) atoms. The van der Waals surface area contributed by atoms with Crippen LogP contribution in [0.25, 0.3) is 11.5 Å². The Morgan fingerprint density at radius 1 is 1.50 bits per heavy atom. The van der Waals surface area contributed by atoms with E-state index in [0.29, 0.717) is 18.1 Å². The molecule has 0 saturated heterocycles. The van der Waals surface area contributed by atoms with Gasteiger partial charge in [-0.3, -0.25) is 9.59 Å². The first-order valence-corrected chi connectivity index (χ1v) is 7.29. The van der Waals surface area contributed by atoms with Gasteiger partial charge >= 0.3 is 0 Å². The zero-order valence-corrected chi connectivity index (χ0v) is 12.2. The van der Waals surface area contributed by atoms with Crippen molar-refractivity contribution in [2.24, 2.45) is 0 Å². The van der Waals surface area contributed by atoms with Gasteiger partial charge in [0, 0.05) is 18.1 Å². The van der Waals surface area contributed by atoms with Gasteiger partial charge in [-0.05, 0) is 13.3 Å². The minimum absolute atomic E-state index is 0.0248. The number of rotatable bonds is 5. The summed E-state index contributed by atoms with van der Waals surface area (Å²) in [4.78, 5) is 34.7. The van der Waals surface area contributed by atoms with Gasteiger partial charge in [0.05, 0.1) is 5.01 Å². The maximum absolute atomic E-state index is 11.9. The molecule has 0 aliphatic carbocycles. The summed E-state index contributed by atoms with van der Waals surface area (Å²) in [5.41, 5.74) is 0.189. The second-order valence-corrected chi connectivity index (χ2v) is 5.40. The highest BCUT2D eigenvalue weighted by atomic mass is 32.1. The summed E-state index contributed by atoms with van der Waals surface area (Å²) in [6.45, 7) is 4.47. The van der Waals surface area contributed by atoms with E-state index < -0.39 is 11.5 Å². The summed E-state index contributed by atoms with van der Waals surface area (Å²) in [5.74, 6) is -0.0160. The molecule has 2 aromatic heterocycles. The van der Waals surface area contributed by atoms with Gasteiger partial charge < -0.3 is 10.3 Å². The lowest BCUT2D eigenvalue weighted by Crippen LogP contribution is -2.30. The van der Waals surface area contributed by atoms with Crippen molar-refractivity contribution in [2.75, 3.05) is 6.54 Å². The number of H-pyrrole nitrogens is 1. The molecule has 0 fully saturated rings. The number of aryl methyl sites for hydroxylation is 1. The Morgan fingerprint density at radius 2 is 2.30 bits per heavy atom. The third-order valence-corrected chi connectivity index (χ3v) is 3.49. The van der Waals surface area contributed by atoms with Crippen LogP contribution in [0.3, 0.4) is 0 Å². The molecule has 0 aliphatic heterocycles. The highest BCUT2D eigenvalue weighted by Crippen LogP contribution is 2.16. The van der Waals surface area contributed by atoms with E-state index in [0.717, 1.165) is 17.8 Å². The van der Waals surface area contributed by atoms with Crippen molar-refractivity contribution >= 4 is 17.2 Å². The monoisotopic (exact) mass is 292 g/mol. The van der Waals surface area contributed by atoms with E-state index in [1.54, 1.807) is 0 Å². The summed E-state index contributed by atoms with van der Waals surface area (Å²) in [5, 5.41) is 5.40. The van der Waals surface area contributed by atoms with Gasteiger partial charge in [-0.2, -0.15) is 0 Å². The maximum atomic E-state index is 11.9. The van der Waals surface area contributed by atoms with Crippen molar-refractivity contribution in [1.82, 2.24) is 20.3 Å². The SMILES string of the molecule is CCCCNC(=O)c1cnc(-c2csc(C)n2)[nH]c1=O.